The molecule has 0 radical (unpaired) electrons. The van der Waals surface area contributed by atoms with Crippen LogP contribution in [0.1, 0.15) is 63.1 Å². The van der Waals surface area contributed by atoms with E-state index in [2.05, 4.69) is 41.5 Å². The van der Waals surface area contributed by atoms with Crippen LogP contribution in [0.25, 0.3) is 0 Å². The number of piperidine rings is 2. The van der Waals surface area contributed by atoms with E-state index in [1.165, 1.54) is 11.1 Å². The Kier molecular flexibility index (Phi) is 11.0. The quantitative estimate of drug-likeness (QED) is 0.442. The first-order valence-electron chi connectivity index (χ1n) is 16.3. The fraction of sp³-hybridized carbons (Fsp3) is 0.571. The average molecular weight is 622 g/mol. The van der Waals surface area contributed by atoms with Crippen LogP contribution in [0.5, 0.6) is 0 Å². The number of nitrogens with zero attached hydrogens (tertiary/aromatic N) is 3. The Morgan fingerprint density at radius 2 is 1.50 bits per heavy atom. The fourth-order valence-electron chi connectivity index (χ4n) is 7.14. The van der Waals surface area contributed by atoms with Crippen LogP contribution in [0.4, 0.5) is 0 Å². The van der Waals surface area contributed by atoms with Gasteiger partial charge in [-0.15, -0.1) is 0 Å². The SMILES string of the molecule is CC(=O)N1CCC(N(CC(C)C)C2CCN(C(=O)C(Cc3ccc(Cl)cc3)NC(=O)C3Cc4ccccc4CN3)CC2)CC1. The molecule has 0 aromatic heterocycles. The molecule has 238 valence electrons. The number of fused-ring (bicyclic) bond motifs is 1. The van der Waals surface area contributed by atoms with E-state index in [0.717, 1.165) is 50.9 Å². The van der Waals surface area contributed by atoms with E-state index in [0.29, 0.717) is 55.5 Å². The number of nitrogens with one attached hydrogen (secondary N) is 2. The second kappa shape index (κ2) is 14.9. The zero-order valence-electron chi connectivity index (χ0n) is 26.4. The van der Waals surface area contributed by atoms with Crippen molar-refractivity contribution in [1.82, 2.24) is 25.3 Å². The maximum atomic E-state index is 14.1. The van der Waals surface area contributed by atoms with Crippen molar-refractivity contribution in [2.45, 2.75) is 90.0 Å². The van der Waals surface area contributed by atoms with Gasteiger partial charge in [0.15, 0.2) is 0 Å². The molecule has 0 spiro atoms. The summed E-state index contributed by atoms with van der Waals surface area (Å²) in [6.45, 7) is 10.8. The number of carbonyl (C=O) groups is 3. The normalized spacial score (nSPS) is 20.5. The van der Waals surface area contributed by atoms with E-state index >= 15 is 0 Å². The minimum absolute atomic E-state index is 0.0202. The third-order valence-electron chi connectivity index (χ3n) is 9.57. The van der Waals surface area contributed by atoms with Gasteiger partial charge >= 0.3 is 0 Å². The van der Waals surface area contributed by atoms with Gasteiger partial charge in [0.2, 0.25) is 17.7 Å². The number of amides is 3. The number of carbonyl (C=O) groups excluding carboxylic acids is 3. The van der Waals surface area contributed by atoms with Crippen LogP contribution in [0.15, 0.2) is 48.5 Å². The third-order valence-corrected chi connectivity index (χ3v) is 9.82. The molecule has 3 heterocycles. The first-order chi connectivity index (χ1) is 21.2. The molecule has 2 aromatic rings. The fourth-order valence-corrected chi connectivity index (χ4v) is 7.26. The van der Waals surface area contributed by atoms with Gasteiger partial charge in [-0.1, -0.05) is 61.8 Å². The van der Waals surface area contributed by atoms with Crippen LogP contribution in [0.3, 0.4) is 0 Å². The molecule has 3 amide bonds. The van der Waals surface area contributed by atoms with Crippen LogP contribution in [-0.2, 0) is 33.8 Å². The van der Waals surface area contributed by atoms with Gasteiger partial charge in [-0.2, -0.15) is 0 Å². The highest BCUT2D eigenvalue weighted by atomic mass is 35.5. The number of halogens is 1. The highest BCUT2D eigenvalue weighted by Crippen LogP contribution is 2.26. The monoisotopic (exact) mass is 621 g/mol. The van der Waals surface area contributed by atoms with E-state index < -0.39 is 6.04 Å². The van der Waals surface area contributed by atoms with Crippen molar-refractivity contribution in [2.75, 3.05) is 32.7 Å². The maximum absolute atomic E-state index is 14.1. The molecular weight excluding hydrogens is 574 g/mol. The standard InChI is InChI=1S/C35H48ClN5O3/c1-24(2)23-41(30-12-16-39(17-13-30)25(3)42)31-14-18-40(19-15-31)35(44)33(20-26-8-10-29(36)11-9-26)38-34(43)32-21-27-6-4-5-7-28(27)22-37-32/h4-11,24,30-33,37H,12-23H2,1-3H3,(H,38,43). The second-order valence-electron chi connectivity index (χ2n) is 13.2. The van der Waals surface area contributed by atoms with Gasteiger partial charge < -0.3 is 20.4 Å². The minimum Gasteiger partial charge on any atom is -0.343 e. The largest absolute Gasteiger partial charge is 0.343 e. The average Bonchev–Trinajstić information content (AvgIpc) is 3.03. The van der Waals surface area contributed by atoms with Crippen molar-refractivity contribution in [3.63, 3.8) is 0 Å². The summed E-state index contributed by atoms with van der Waals surface area (Å²) in [5, 5.41) is 7.14. The molecular formula is C35H48ClN5O3. The third kappa shape index (κ3) is 8.20. The summed E-state index contributed by atoms with van der Waals surface area (Å²) in [5.41, 5.74) is 3.35. The van der Waals surface area contributed by atoms with E-state index in [9.17, 15) is 14.4 Å². The summed E-state index contributed by atoms with van der Waals surface area (Å²) in [6, 6.07) is 15.5. The summed E-state index contributed by atoms with van der Waals surface area (Å²) in [7, 11) is 0. The molecule has 2 aromatic carbocycles. The molecule has 8 nitrogen and oxygen atoms in total. The predicted molar refractivity (Wildman–Crippen MR) is 174 cm³/mol. The molecule has 2 fully saturated rings. The minimum atomic E-state index is -0.651. The molecule has 5 rings (SSSR count). The molecule has 0 saturated carbocycles. The molecule has 44 heavy (non-hydrogen) atoms. The van der Waals surface area contributed by atoms with Crippen LogP contribution in [0, 0.1) is 5.92 Å². The Morgan fingerprint density at radius 3 is 2.09 bits per heavy atom. The molecule has 0 aliphatic carbocycles. The van der Waals surface area contributed by atoms with Crippen molar-refractivity contribution < 1.29 is 14.4 Å². The van der Waals surface area contributed by atoms with Gasteiger partial charge in [0.1, 0.15) is 6.04 Å². The first-order valence-corrected chi connectivity index (χ1v) is 16.7. The molecule has 3 aliphatic rings. The number of rotatable bonds is 9. The number of hydrogen-bond donors (Lipinski definition) is 2. The smallest absolute Gasteiger partial charge is 0.245 e. The van der Waals surface area contributed by atoms with Gasteiger partial charge in [-0.25, -0.2) is 0 Å². The van der Waals surface area contributed by atoms with E-state index in [4.69, 9.17) is 11.6 Å². The highest BCUT2D eigenvalue weighted by molar-refractivity contribution is 6.30. The molecule has 0 bridgehead atoms. The van der Waals surface area contributed by atoms with Crippen molar-refractivity contribution in [2.24, 2.45) is 5.92 Å². The van der Waals surface area contributed by atoms with Gasteiger partial charge in [-0.3, -0.25) is 19.3 Å². The van der Waals surface area contributed by atoms with Crippen molar-refractivity contribution in [1.29, 1.82) is 0 Å². The molecule has 2 saturated heterocycles. The number of likely N-dealkylation sites (tertiary alicyclic amines) is 2. The van der Waals surface area contributed by atoms with Gasteiger partial charge in [-0.05, 0) is 66.8 Å². The van der Waals surface area contributed by atoms with Crippen molar-refractivity contribution in [3.05, 3.63) is 70.2 Å². The summed E-state index contributed by atoms with van der Waals surface area (Å²) < 4.78 is 0. The van der Waals surface area contributed by atoms with Crippen molar-refractivity contribution >= 4 is 29.3 Å². The molecule has 2 N–H and O–H groups in total. The Balaban J connectivity index is 1.24. The topological polar surface area (TPSA) is 85.0 Å². The van der Waals surface area contributed by atoms with Crippen LogP contribution in [-0.4, -0.2) is 89.3 Å². The maximum Gasteiger partial charge on any atom is 0.245 e. The molecule has 2 unspecified atom stereocenters. The van der Waals surface area contributed by atoms with Crippen LogP contribution >= 0.6 is 11.6 Å². The van der Waals surface area contributed by atoms with Crippen LogP contribution < -0.4 is 10.6 Å². The molecule has 3 aliphatic heterocycles. The van der Waals surface area contributed by atoms with Crippen LogP contribution in [0.2, 0.25) is 5.02 Å². The van der Waals surface area contributed by atoms with Gasteiger partial charge in [0.25, 0.3) is 0 Å². The Hall–Kier alpha value is -2.94. The van der Waals surface area contributed by atoms with Gasteiger partial charge in [0.05, 0.1) is 6.04 Å². The summed E-state index contributed by atoms with van der Waals surface area (Å²) >= 11 is 6.13. The van der Waals surface area contributed by atoms with E-state index in [1.807, 2.05) is 46.2 Å². The lowest BCUT2D eigenvalue weighted by Gasteiger charge is -2.46. The first kappa shape index (κ1) is 32.5. The molecule has 2 atom stereocenters. The number of hydrogen-bond acceptors (Lipinski definition) is 5. The second-order valence-corrected chi connectivity index (χ2v) is 13.6. The zero-order chi connectivity index (χ0) is 31.2. The summed E-state index contributed by atoms with van der Waals surface area (Å²) in [6.07, 6.45) is 4.84. The highest BCUT2D eigenvalue weighted by Gasteiger charge is 2.36. The Labute approximate surface area is 267 Å². The summed E-state index contributed by atoms with van der Waals surface area (Å²) in [4.78, 5) is 46.1. The lowest BCUT2D eigenvalue weighted by molar-refractivity contribution is -0.138. The lowest BCUT2D eigenvalue weighted by atomic mass is 9.94. The summed E-state index contributed by atoms with van der Waals surface area (Å²) in [5.74, 6) is 0.546. The van der Waals surface area contributed by atoms with E-state index in [1.54, 1.807) is 6.92 Å². The Bertz CT molecular complexity index is 1290. The van der Waals surface area contributed by atoms with Crippen molar-refractivity contribution in [3.8, 4) is 0 Å². The zero-order valence-corrected chi connectivity index (χ0v) is 27.2. The lowest BCUT2D eigenvalue weighted by Crippen LogP contribution is -2.58. The van der Waals surface area contributed by atoms with Gasteiger partial charge in [0, 0.05) is 69.7 Å². The van der Waals surface area contributed by atoms with E-state index in [-0.39, 0.29) is 23.8 Å². The predicted octanol–water partition coefficient (Wildman–Crippen LogP) is 4.04. The Morgan fingerprint density at radius 1 is 0.909 bits per heavy atom. The molecule has 9 heteroatoms. The number of benzene rings is 2.